The molecule has 0 atom stereocenters. The van der Waals surface area contributed by atoms with E-state index in [1.165, 1.54) is 6.08 Å². The number of carbonyl (C=O) groups is 1. The van der Waals surface area contributed by atoms with Crippen LogP contribution in [0, 0.1) is 0 Å². The Morgan fingerprint density at radius 1 is 0.963 bits per heavy atom. The summed E-state index contributed by atoms with van der Waals surface area (Å²) < 4.78 is 88.8. The third kappa shape index (κ3) is 18.9. The Kier molecular flexibility index (Phi) is 9.20. The van der Waals surface area contributed by atoms with Crippen LogP contribution in [0.5, 0.6) is 0 Å². The first-order chi connectivity index (χ1) is 17.4. The molecule has 0 aromatic heterocycles. The van der Waals surface area contributed by atoms with E-state index in [9.17, 15) is 4.79 Å². The van der Waals surface area contributed by atoms with E-state index in [-0.39, 0.29) is 12.8 Å². The smallest absolute Gasteiger partial charge is 0.306 e. The molecular weight excluding hydrogens is 340 g/mol. The van der Waals surface area contributed by atoms with Crippen LogP contribution < -0.4 is 0 Å². The van der Waals surface area contributed by atoms with Gasteiger partial charge in [0, 0.05) is 21.5 Å². The molecule has 0 spiro atoms. The molecule has 0 saturated heterocycles. The highest BCUT2D eigenvalue weighted by Crippen LogP contribution is 2.03. The number of ether oxygens (including phenoxy) is 1. The Hall–Kier alpha value is -1.65. The fourth-order valence-corrected chi connectivity index (χ4v) is 1.81. The molecule has 0 bridgehead atoms. The van der Waals surface area contributed by atoms with Crippen LogP contribution in [0.2, 0.25) is 0 Å². The van der Waals surface area contributed by atoms with Crippen molar-refractivity contribution in [2.75, 3.05) is 13.2 Å². The van der Waals surface area contributed by atoms with Crippen molar-refractivity contribution < 1.29 is 34.8 Å². The van der Waals surface area contributed by atoms with E-state index < -0.39 is 57.6 Å². The molecule has 0 unspecified atom stereocenters. The lowest BCUT2D eigenvalue weighted by Crippen LogP contribution is -2.25. The standard InChI is InChI=1S/C23H38O4/c1-2-3-4-5-6-7-8-9-10-11-12-13-14-15-16-17-18-19-23(26)27-22(20-24)21-25/h6-7,9-10,12-13,15-16,22,24-25H,2-5,8,11,14,17-21H2,1H3/b7-6-,10-9-,13-12-,16-15-/i1D3,2D2,3D2,4D2,5D2. The summed E-state index contributed by atoms with van der Waals surface area (Å²) in [5.41, 5.74) is 0. The highest BCUT2D eigenvalue weighted by molar-refractivity contribution is 5.69. The second kappa shape index (κ2) is 20.7. The van der Waals surface area contributed by atoms with Crippen LogP contribution in [-0.4, -0.2) is 35.5 Å². The van der Waals surface area contributed by atoms with Gasteiger partial charge in [-0.3, -0.25) is 4.79 Å². The topological polar surface area (TPSA) is 66.8 Å². The first kappa shape index (κ1) is 12.0. The second-order valence-corrected chi connectivity index (χ2v) is 5.41. The van der Waals surface area contributed by atoms with Crippen molar-refractivity contribution in [2.45, 2.75) is 77.0 Å². The second-order valence-electron chi connectivity index (χ2n) is 5.41. The summed E-state index contributed by atoms with van der Waals surface area (Å²) in [4.78, 5) is 11.5. The lowest BCUT2D eigenvalue weighted by atomic mass is 10.2. The van der Waals surface area contributed by atoms with Gasteiger partial charge in [-0.15, -0.1) is 0 Å². The minimum atomic E-state index is -3.65. The molecule has 0 rings (SSSR count). The van der Waals surface area contributed by atoms with E-state index in [1.54, 1.807) is 12.2 Å². The molecule has 0 aromatic carbocycles. The summed E-state index contributed by atoms with van der Waals surface area (Å²) in [5.74, 6) is -0.472. The van der Waals surface area contributed by atoms with Crippen LogP contribution in [0.15, 0.2) is 48.6 Å². The van der Waals surface area contributed by atoms with Gasteiger partial charge in [0.2, 0.25) is 0 Å². The fraction of sp³-hybridized carbons (Fsp3) is 0.609. The zero-order valence-electron chi connectivity index (χ0n) is 26.6. The molecule has 27 heavy (non-hydrogen) atoms. The third-order valence-corrected chi connectivity index (χ3v) is 3.17. The van der Waals surface area contributed by atoms with Crippen LogP contribution in [-0.2, 0) is 9.53 Å². The van der Waals surface area contributed by atoms with Crippen molar-refractivity contribution in [3.05, 3.63) is 48.6 Å². The molecule has 0 aromatic rings. The van der Waals surface area contributed by atoms with Crippen molar-refractivity contribution in [1.82, 2.24) is 0 Å². The van der Waals surface area contributed by atoms with E-state index in [0.29, 0.717) is 25.7 Å². The number of hydrogen-bond donors (Lipinski definition) is 2. The molecule has 0 heterocycles. The lowest BCUT2D eigenvalue weighted by molar-refractivity contribution is -0.153. The maximum atomic E-state index is 11.5. The van der Waals surface area contributed by atoms with E-state index >= 15 is 0 Å². The molecule has 4 nitrogen and oxygen atoms in total. The molecular formula is C23H38O4. The molecule has 0 amide bonds. The van der Waals surface area contributed by atoms with Crippen molar-refractivity contribution in [3.63, 3.8) is 0 Å². The monoisotopic (exact) mass is 389 g/mol. The van der Waals surface area contributed by atoms with Gasteiger partial charge in [-0.1, -0.05) is 68.2 Å². The lowest BCUT2D eigenvalue weighted by Gasteiger charge is -2.11. The Balaban J connectivity index is 4.50. The summed E-state index contributed by atoms with van der Waals surface area (Å²) in [6.45, 7) is -4.33. The van der Waals surface area contributed by atoms with Crippen LogP contribution in [0.1, 0.15) is 85.9 Å². The number of allylic oxidation sites excluding steroid dienone is 8. The van der Waals surface area contributed by atoms with Crippen molar-refractivity contribution in [1.29, 1.82) is 0 Å². The zero-order valence-corrected chi connectivity index (χ0v) is 15.6. The highest BCUT2D eigenvalue weighted by Gasteiger charge is 2.11. The number of aliphatic hydroxyl groups is 2. The molecule has 0 aliphatic carbocycles. The van der Waals surface area contributed by atoms with Gasteiger partial charge < -0.3 is 14.9 Å². The van der Waals surface area contributed by atoms with Crippen molar-refractivity contribution in [3.8, 4) is 0 Å². The van der Waals surface area contributed by atoms with E-state index in [2.05, 4.69) is 0 Å². The van der Waals surface area contributed by atoms with Crippen LogP contribution >= 0.6 is 0 Å². The fourth-order valence-electron chi connectivity index (χ4n) is 1.81. The van der Waals surface area contributed by atoms with Gasteiger partial charge >= 0.3 is 5.97 Å². The summed E-state index contributed by atoms with van der Waals surface area (Å²) in [7, 11) is 0. The van der Waals surface area contributed by atoms with Crippen LogP contribution in [0.4, 0.5) is 0 Å². The number of esters is 1. The minimum Gasteiger partial charge on any atom is -0.457 e. The van der Waals surface area contributed by atoms with Crippen molar-refractivity contribution in [2.24, 2.45) is 0 Å². The van der Waals surface area contributed by atoms with Gasteiger partial charge in [-0.25, -0.2) is 0 Å². The average Bonchev–Trinajstić information content (AvgIpc) is 2.81. The van der Waals surface area contributed by atoms with E-state index in [4.69, 9.17) is 30.0 Å². The van der Waals surface area contributed by atoms with Gasteiger partial charge in [0.25, 0.3) is 0 Å². The molecule has 2 N–H and O–H groups in total. The Bertz CT molecular complexity index is 828. The largest absolute Gasteiger partial charge is 0.457 e. The Morgan fingerprint density at radius 2 is 1.56 bits per heavy atom. The van der Waals surface area contributed by atoms with E-state index in [1.807, 2.05) is 24.3 Å². The maximum absolute atomic E-state index is 11.5. The van der Waals surface area contributed by atoms with Crippen molar-refractivity contribution >= 4 is 5.97 Å². The van der Waals surface area contributed by atoms with Gasteiger partial charge in [-0.05, 0) is 44.8 Å². The minimum absolute atomic E-state index is 0.187. The predicted octanol–water partition coefficient (Wildman–Crippen LogP) is 5.03. The number of rotatable bonds is 17. The normalized spacial score (nSPS) is 21.1. The third-order valence-electron chi connectivity index (χ3n) is 3.17. The molecule has 4 heteroatoms. The Morgan fingerprint density at radius 3 is 2.15 bits per heavy atom. The predicted molar refractivity (Wildman–Crippen MR) is 112 cm³/mol. The number of unbranched alkanes of at least 4 members (excludes halogenated alkanes) is 1. The summed E-state index contributed by atoms with van der Waals surface area (Å²) >= 11 is 0. The van der Waals surface area contributed by atoms with Crippen LogP contribution in [0.25, 0.3) is 0 Å². The first-order valence-electron chi connectivity index (χ1n) is 14.4. The van der Waals surface area contributed by atoms with Gasteiger partial charge in [-0.2, -0.15) is 0 Å². The molecule has 154 valence electrons. The average molecular weight is 390 g/mol. The maximum Gasteiger partial charge on any atom is 0.306 e. The zero-order chi connectivity index (χ0) is 29.7. The number of hydrogen-bond acceptors (Lipinski definition) is 4. The molecule has 0 aliphatic heterocycles. The Labute approximate surface area is 180 Å². The summed E-state index contributed by atoms with van der Waals surface area (Å²) in [5, 5.41) is 17.7. The van der Waals surface area contributed by atoms with Crippen LogP contribution in [0.3, 0.4) is 0 Å². The number of carbonyl (C=O) groups excluding carboxylic acids is 1. The van der Waals surface area contributed by atoms with E-state index in [0.717, 1.165) is 6.08 Å². The van der Waals surface area contributed by atoms with Gasteiger partial charge in [0.15, 0.2) is 0 Å². The quantitative estimate of drug-likeness (QED) is 0.208. The van der Waals surface area contributed by atoms with Gasteiger partial charge in [0.1, 0.15) is 6.10 Å². The van der Waals surface area contributed by atoms with Gasteiger partial charge in [0.05, 0.1) is 13.2 Å². The number of aliphatic hydroxyl groups excluding tert-OH is 2. The summed E-state index contributed by atoms with van der Waals surface area (Å²) in [6, 6.07) is 0. The SMILES string of the molecule is [2H]C([2H])([2H])C([2H])([2H])C([2H])([2H])C([2H])([2H])C([2H])([2H])/C=C\C/C=C\C/C=C\C/C=C\CCCC(=O)OC(CO)CO. The molecule has 0 radical (unpaired) electrons. The molecule has 0 saturated carbocycles. The molecule has 0 fully saturated rings. The summed E-state index contributed by atoms with van der Waals surface area (Å²) in [6.07, 6.45) is 1.51. The highest BCUT2D eigenvalue weighted by atomic mass is 16.6. The molecule has 0 aliphatic rings. The first-order valence-corrected chi connectivity index (χ1v) is 8.93.